The summed E-state index contributed by atoms with van der Waals surface area (Å²) in [7, 11) is 0. The number of aliphatic hydroxyl groups excluding tert-OH is 5. The van der Waals surface area contributed by atoms with E-state index in [9.17, 15) is 40.5 Å². The Hall–Kier alpha value is -1.37. The topological polar surface area (TPSA) is 177 Å². The van der Waals surface area contributed by atoms with Crippen LogP contribution in [0.3, 0.4) is 0 Å². The number of aliphatic hydroxyl groups is 6. The first kappa shape index (κ1) is 36.5. The molecule has 3 saturated carbocycles. The van der Waals surface area contributed by atoms with Gasteiger partial charge in [0.25, 0.3) is 0 Å². The monoisotopic (exact) mass is 638 g/mol. The predicted octanol–water partition coefficient (Wildman–Crippen LogP) is 3.17. The van der Waals surface area contributed by atoms with Crippen LogP contribution in [0.15, 0.2) is 24.3 Å². The fourth-order valence-corrected chi connectivity index (χ4v) is 10.5. The minimum atomic E-state index is -1.49. The summed E-state index contributed by atoms with van der Waals surface area (Å²) >= 11 is 0. The van der Waals surface area contributed by atoms with Crippen molar-refractivity contribution in [3.05, 3.63) is 24.3 Å². The highest BCUT2D eigenvalue weighted by Gasteiger charge is 2.70. The van der Waals surface area contributed by atoms with Crippen LogP contribution in [0, 0.1) is 39.9 Å². The van der Waals surface area contributed by atoms with Crippen LogP contribution < -0.4 is 0 Å². The third kappa shape index (κ3) is 6.31. The fourth-order valence-electron chi connectivity index (χ4n) is 10.5. The van der Waals surface area contributed by atoms with E-state index in [0.717, 1.165) is 24.8 Å². The van der Waals surface area contributed by atoms with Gasteiger partial charge in [-0.1, -0.05) is 39.5 Å². The molecule has 0 radical (unpaired) electrons. The number of carboxylic acids is 1. The molecule has 15 atom stereocenters. The molecule has 45 heavy (non-hydrogen) atoms. The van der Waals surface area contributed by atoms with Crippen molar-refractivity contribution in [1.29, 1.82) is 0 Å². The summed E-state index contributed by atoms with van der Waals surface area (Å²) < 4.78 is 12.4. The maximum atomic E-state index is 12.1. The zero-order valence-electron chi connectivity index (χ0n) is 28.0. The van der Waals surface area contributed by atoms with Gasteiger partial charge in [-0.3, -0.25) is 4.79 Å². The molecule has 258 valence electrons. The highest BCUT2D eigenvalue weighted by molar-refractivity contribution is 5.66. The van der Waals surface area contributed by atoms with Gasteiger partial charge in [0.15, 0.2) is 6.29 Å². The average molecular weight is 639 g/mol. The number of hydrogen-bond donors (Lipinski definition) is 7. The van der Waals surface area contributed by atoms with E-state index in [1.165, 1.54) is 0 Å². The minimum Gasteiger partial charge on any atom is -0.481 e. The quantitative estimate of drug-likeness (QED) is 0.131. The van der Waals surface area contributed by atoms with E-state index in [-0.39, 0.29) is 48.5 Å². The molecule has 7 N–H and O–H groups in total. The third-order valence-corrected chi connectivity index (χ3v) is 13.2. The van der Waals surface area contributed by atoms with Crippen LogP contribution in [-0.4, -0.2) is 96.8 Å². The number of carboxylic acid groups (broad SMARTS) is 1. The zero-order chi connectivity index (χ0) is 33.9. The van der Waals surface area contributed by atoms with Gasteiger partial charge in [0.2, 0.25) is 0 Å². The molecule has 3 aliphatic carbocycles. The van der Waals surface area contributed by atoms with Gasteiger partial charge in [-0.05, 0) is 105 Å². The molecule has 0 bridgehead atoms. The van der Waals surface area contributed by atoms with Crippen LogP contribution in [-0.2, 0) is 14.3 Å². The number of allylic oxidation sites excluding steroid dienone is 1. The number of carbonyl (C=O) groups is 1. The first-order chi connectivity index (χ1) is 20.7. The first-order valence-electron chi connectivity index (χ1n) is 16.6. The Morgan fingerprint density at radius 1 is 1.04 bits per heavy atom. The van der Waals surface area contributed by atoms with Crippen molar-refractivity contribution >= 4 is 5.97 Å². The van der Waals surface area contributed by atoms with E-state index in [1.54, 1.807) is 13.8 Å². The average Bonchev–Trinajstić information content (AvgIpc) is 3.32. The highest BCUT2D eigenvalue weighted by Crippen LogP contribution is 2.74. The Morgan fingerprint density at radius 2 is 1.67 bits per heavy atom. The fraction of sp³-hybridized carbons (Fsp3) is 0.857. The van der Waals surface area contributed by atoms with Gasteiger partial charge in [0, 0.05) is 12.8 Å². The van der Waals surface area contributed by atoms with Crippen molar-refractivity contribution in [2.45, 2.75) is 141 Å². The molecule has 4 aliphatic rings. The molecule has 0 amide bonds. The van der Waals surface area contributed by atoms with Gasteiger partial charge in [0.1, 0.15) is 24.4 Å². The highest BCUT2D eigenvalue weighted by atomic mass is 16.7. The van der Waals surface area contributed by atoms with Crippen molar-refractivity contribution in [3.8, 4) is 0 Å². The summed E-state index contributed by atoms with van der Waals surface area (Å²) in [6, 6.07) is 0. The van der Waals surface area contributed by atoms with Gasteiger partial charge in [-0.2, -0.15) is 0 Å². The Balaban J connectivity index is 1.79. The zero-order valence-corrected chi connectivity index (χ0v) is 28.0. The number of fused-ring (bicyclic) bond motifs is 3. The van der Waals surface area contributed by atoms with E-state index in [4.69, 9.17) is 9.47 Å². The van der Waals surface area contributed by atoms with Crippen LogP contribution in [0.5, 0.6) is 0 Å². The summed E-state index contributed by atoms with van der Waals surface area (Å²) in [5.41, 5.74) is -1.05. The normalized spacial score (nSPS) is 45.9. The smallest absolute Gasteiger partial charge is 0.303 e. The largest absolute Gasteiger partial charge is 0.481 e. The Bertz CT molecular complexity index is 1120. The molecule has 0 aromatic carbocycles. The predicted molar refractivity (Wildman–Crippen MR) is 168 cm³/mol. The molecule has 11 unspecified atom stereocenters. The first-order valence-corrected chi connectivity index (χ1v) is 16.6. The van der Waals surface area contributed by atoms with E-state index in [0.29, 0.717) is 24.8 Å². The molecule has 10 nitrogen and oxygen atoms in total. The molecule has 1 aliphatic heterocycles. The molecule has 4 rings (SSSR count). The molecular formula is C35H58O10. The van der Waals surface area contributed by atoms with Crippen LogP contribution in [0.4, 0.5) is 0 Å². The second-order valence-electron chi connectivity index (χ2n) is 16.0. The molecule has 10 heteroatoms. The number of hydrogen-bond acceptors (Lipinski definition) is 9. The SMILES string of the molecule is C=C(C)C(O)C(O)CC(C)(O)C1CCC2(C)C1C(O[C@@H]1OC[C@H](O)[C@H](O)[C@H]1O)CC1C(C)(CCC(=O)O)C(C(=C)C)CCC12C. The molecule has 0 aromatic rings. The minimum absolute atomic E-state index is 0.00169. The van der Waals surface area contributed by atoms with Crippen LogP contribution in [0.25, 0.3) is 0 Å². The standard InChI is InChI=1S/C35H58O10/c1-18(2)20-9-13-33(6)25(32(20,5)12-11-26(38)39)15-24(45-31-30(42)29(41)23(37)17-44-31)27-21(10-14-34(27,33)7)35(8,43)16-22(36)28(40)19(3)4/h20-25,27-31,36-37,40-43H,1,3,9-17H2,2,4-8H3,(H,38,39)/t20?,21?,22?,23-,24?,25?,27?,28?,29-,30+,31-,32?,33?,34?,35?/m0/s1. The lowest BCUT2D eigenvalue weighted by Crippen LogP contribution is -2.65. The second kappa shape index (κ2) is 12.9. The maximum Gasteiger partial charge on any atom is 0.303 e. The van der Waals surface area contributed by atoms with Crippen LogP contribution in [0.1, 0.15) is 92.9 Å². The summed E-state index contributed by atoms with van der Waals surface area (Å²) in [6.45, 7) is 19.9. The lowest BCUT2D eigenvalue weighted by Gasteiger charge is -2.68. The molecule has 0 spiro atoms. The van der Waals surface area contributed by atoms with E-state index in [2.05, 4.69) is 33.9 Å². The second-order valence-corrected chi connectivity index (χ2v) is 16.0. The third-order valence-electron chi connectivity index (χ3n) is 13.2. The van der Waals surface area contributed by atoms with Crippen molar-refractivity contribution in [3.63, 3.8) is 0 Å². The number of aliphatic carboxylic acids is 1. The molecule has 1 heterocycles. The lowest BCUT2D eigenvalue weighted by atomic mass is 9.37. The summed E-state index contributed by atoms with van der Waals surface area (Å²) in [4.78, 5) is 11.9. The molecular weight excluding hydrogens is 580 g/mol. The van der Waals surface area contributed by atoms with Gasteiger partial charge in [-0.25, -0.2) is 0 Å². The van der Waals surface area contributed by atoms with Gasteiger partial charge in [0.05, 0.1) is 24.4 Å². The molecule has 4 fully saturated rings. The molecule has 0 aromatic heterocycles. The van der Waals surface area contributed by atoms with Crippen molar-refractivity contribution in [2.24, 2.45) is 39.9 Å². The van der Waals surface area contributed by atoms with E-state index >= 15 is 0 Å². The van der Waals surface area contributed by atoms with Gasteiger partial charge < -0.3 is 45.2 Å². The van der Waals surface area contributed by atoms with Crippen molar-refractivity contribution in [2.75, 3.05) is 6.61 Å². The summed E-state index contributed by atoms with van der Waals surface area (Å²) in [5, 5.41) is 74.7. The Morgan fingerprint density at radius 3 is 2.24 bits per heavy atom. The Kier molecular flexibility index (Phi) is 10.5. The Labute approximate surface area is 268 Å². The van der Waals surface area contributed by atoms with Crippen molar-refractivity contribution < 1.29 is 50.0 Å². The summed E-state index contributed by atoms with van der Waals surface area (Å²) in [5.74, 6) is -1.36. The van der Waals surface area contributed by atoms with Crippen LogP contribution >= 0.6 is 0 Å². The maximum absolute atomic E-state index is 12.1. The number of ether oxygens (including phenoxy) is 2. The van der Waals surface area contributed by atoms with Crippen molar-refractivity contribution in [1.82, 2.24) is 0 Å². The van der Waals surface area contributed by atoms with Crippen LogP contribution in [0.2, 0.25) is 0 Å². The summed E-state index contributed by atoms with van der Waals surface area (Å²) in [6.07, 6.45) is -4.32. The van der Waals surface area contributed by atoms with E-state index in [1.807, 2.05) is 6.92 Å². The molecule has 1 saturated heterocycles. The number of rotatable bonds is 11. The lowest BCUT2D eigenvalue weighted by molar-refractivity contribution is -0.312. The van der Waals surface area contributed by atoms with E-state index < -0.39 is 65.3 Å². The van der Waals surface area contributed by atoms with Gasteiger partial charge >= 0.3 is 5.97 Å². The van der Waals surface area contributed by atoms with Gasteiger partial charge in [-0.15, -0.1) is 0 Å².